The molecule has 5 heterocycles. The number of imidazole rings is 1. The minimum atomic E-state index is 0.540. The number of pyridine rings is 3. The van der Waals surface area contributed by atoms with E-state index in [1.165, 1.54) is 0 Å². The summed E-state index contributed by atoms with van der Waals surface area (Å²) in [5.74, 6) is 1.82. The van der Waals surface area contributed by atoms with Gasteiger partial charge in [-0.1, -0.05) is 6.07 Å². The molecule has 0 fully saturated rings. The van der Waals surface area contributed by atoms with Crippen LogP contribution >= 0.6 is 0 Å². The molecule has 34 heavy (non-hydrogen) atoms. The fourth-order valence-electron chi connectivity index (χ4n) is 3.57. The Balaban J connectivity index is 1.49. The van der Waals surface area contributed by atoms with Crippen molar-refractivity contribution in [3.8, 4) is 17.1 Å². The molecule has 170 valence electrons. The van der Waals surface area contributed by atoms with E-state index in [1.54, 1.807) is 31.9 Å². The lowest BCUT2D eigenvalue weighted by Crippen LogP contribution is -2.14. The van der Waals surface area contributed by atoms with Gasteiger partial charge in [-0.3, -0.25) is 4.98 Å². The first-order chi connectivity index (χ1) is 16.7. The topological polar surface area (TPSA) is 126 Å². The van der Waals surface area contributed by atoms with E-state index in [0.29, 0.717) is 47.5 Å². The molecule has 0 aliphatic heterocycles. The van der Waals surface area contributed by atoms with Gasteiger partial charge in [0.15, 0.2) is 5.65 Å². The number of hydrogen-bond donors (Lipinski definition) is 3. The zero-order valence-electron chi connectivity index (χ0n) is 18.8. The second-order valence-corrected chi connectivity index (χ2v) is 7.60. The first kappa shape index (κ1) is 21.4. The van der Waals surface area contributed by atoms with Crippen molar-refractivity contribution in [1.29, 1.82) is 0 Å². The Morgan fingerprint density at radius 2 is 1.91 bits per heavy atom. The summed E-state index contributed by atoms with van der Waals surface area (Å²) in [7, 11) is 1.59. The number of anilines is 2. The van der Waals surface area contributed by atoms with Gasteiger partial charge in [-0.25, -0.2) is 24.9 Å². The number of aromatic amines is 1. The first-order valence-corrected chi connectivity index (χ1v) is 10.7. The monoisotopic (exact) mass is 453 g/mol. The zero-order valence-corrected chi connectivity index (χ0v) is 18.8. The van der Waals surface area contributed by atoms with E-state index in [2.05, 4.69) is 41.6 Å². The third-order valence-corrected chi connectivity index (χ3v) is 5.16. The number of fused-ring (bicyclic) bond motifs is 1. The maximum Gasteiger partial charge on any atom is 0.213 e. The minimum absolute atomic E-state index is 0.540. The van der Waals surface area contributed by atoms with E-state index >= 15 is 0 Å². The van der Waals surface area contributed by atoms with Gasteiger partial charge in [0.2, 0.25) is 5.88 Å². The summed E-state index contributed by atoms with van der Waals surface area (Å²) in [5.41, 5.74) is 5.64. The van der Waals surface area contributed by atoms with Crippen LogP contribution in [0.5, 0.6) is 5.88 Å². The standard InChI is InChI=1S/C24H23N9O/c1-15-31-21(22-24(32-15)30-14-29-22)19-9-16(10-25-12-17-5-3-4-8-26-17)11-28-23(19)33-18-6-7-20(34-2)27-13-18/h3-9,11,13-14,25H,10,12H2,1-2H3,(H,28,33)(H,29,30,31,32). The molecule has 10 nitrogen and oxygen atoms in total. The minimum Gasteiger partial charge on any atom is -0.481 e. The van der Waals surface area contributed by atoms with Crippen LogP contribution in [-0.4, -0.2) is 42.0 Å². The quantitative estimate of drug-likeness (QED) is 0.323. The number of hydrogen-bond acceptors (Lipinski definition) is 9. The maximum absolute atomic E-state index is 5.16. The maximum atomic E-state index is 5.16. The van der Waals surface area contributed by atoms with Gasteiger partial charge in [0.25, 0.3) is 0 Å². The Morgan fingerprint density at radius 1 is 0.971 bits per heavy atom. The lowest BCUT2D eigenvalue weighted by Gasteiger charge is -2.14. The van der Waals surface area contributed by atoms with Gasteiger partial charge in [0.05, 0.1) is 31.0 Å². The zero-order chi connectivity index (χ0) is 23.3. The summed E-state index contributed by atoms with van der Waals surface area (Å²) in [6.45, 7) is 3.13. The molecule has 0 aromatic carbocycles. The first-order valence-electron chi connectivity index (χ1n) is 10.7. The summed E-state index contributed by atoms with van der Waals surface area (Å²) in [6, 6.07) is 11.6. The molecule has 0 amide bonds. The van der Waals surface area contributed by atoms with Gasteiger partial charge >= 0.3 is 0 Å². The van der Waals surface area contributed by atoms with Crippen LogP contribution in [0.2, 0.25) is 0 Å². The molecule has 5 aromatic rings. The Labute approximate surface area is 195 Å². The second kappa shape index (κ2) is 9.59. The molecule has 0 saturated carbocycles. The largest absolute Gasteiger partial charge is 0.481 e. The predicted molar refractivity (Wildman–Crippen MR) is 129 cm³/mol. The average molecular weight is 454 g/mol. The number of nitrogens with zero attached hydrogens (tertiary/aromatic N) is 6. The highest BCUT2D eigenvalue weighted by molar-refractivity contribution is 5.91. The van der Waals surface area contributed by atoms with Crippen LogP contribution in [0.25, 0.3) is 22.4 Å². The van der Waals surface area contributed by atoms with Gasteiger partial charge in [-0.2, -0.15) is 0 Å². The molecule has 5 aromatic heterocycles. The van der Waals surface area contributed by atoms with Gasteiger partial charge < -0.3 is 20.4 Å². The molecular formula is C24H23N9O. The molecular weight excluding hydrogens is 430 g/mol. The molecule has 0 saturated heterocycles. The van der Waals surface area contributed by atoms with Crippen LogP contribution in [0.3, 0.4) is 0 Å². The van der Waals surface area contributed by atoms with Crippen LogP contribution in [0.1, 0.15) is 17.1 Å². The molecule has 0 atom stereocenters. The summed E-state index contributed by atoms with van der Waals surface area (Å²) in [6.07, 6.45) is 6.94. The number of methoxy groups -OCH3 is 1. The normalized spacial score (nSPS) is 11.0. The average Bonchev–Trinajstić information content (AvgIpc) is 3.34. The lowest BCUT2D eigenvalue weighted by molar-refractivity contribution is 0.398. The second-order valence-electron chi connectivity index (χ2n) is 7.60. The van der Waals surface area contributed by atoms with Crippen LogP contribution in [0.15, 0.2) is 61.3 Å². The van der Waals surface area contributed by atoms with Crippen molar-refractivity contribution in [2.45, 2.75) is 20.0 Å². The number of ether oxygens (including phenoxy) is 1. The van der Waals surface area contributed by atoms with E-state index in [-0.39, 0.29) is 0 Å². The molecule has 0 aliphatic carbocycles. The summed E-state index contributed by atoms with van der Waals surface area (Å²) in [5, 5.41) is 6.77. The van der Waals surface area contributed by atoms with Crippen LogP contribution in [0.4, 0.5) is 11.5 Å². The molecule has 0 aliphatic rings. The van der Waals surface area contributed by atoms with Crippen molar-refractivity contribution in [2.24, 2.45) is 0 Å². The Bertz CT molecular complexity index is 1400. The highest BCUT2D eigenvalue weighted by Gasteiger charge is 2.17. The summed E-state index contributed by atoms with van der Waals surface area (Å²) in [4.78, 5) is 30.0. The van der Waals surface area contributed by atoms with E-state index in [0.717, 1.165) is 22.5 Å². The van der Waals surface area contributed by atoms with E-state index in [9.17, 15) is 0 Å². The van der Waals surface area contributed by atoms with Gasteiger partial charge in [0, 0.05) is 37.1 Å². The molecule has 0 spiro atoms. The van der Waals surface area contributed by atoms with Gasteiger partial charge in [-0.05, 0) is 36.8 Å². The van der Waals surface area contributed by atoms with Crippen molar-refractivity contribution in [3.05, 3.63) is 78.4 Å². The molecule has 0 bridgehead atoms. The van der Waals surface area contributed by atoms with Crippen LogP contribution < -0.4 is 15.4 Å². The summed E-state index contributed by atoms with van der Waals surface area (Å²) < 4.78 is 5.16. The predicted octanol–water partition coefficient (Wildman–Crippen LogP) is 3.56. The highest BCUT2D eigenvalue weighted by Crippen LogP contribution is 2.32. The number of aryl methyl sites for hydroxylation is 1. The third-order valence-electron chi connectivity index (χ3n) is 5.16. The Morgan fingerprint density at radius 3 is 2.71 bits per heavy atom. The fraction of sp³-hybridized carbons (Fsp3) is 0.167. The molecule has 3 N–H and O–H groups in total. The van der Waals surface area contributed by atoms with Crippen molar-refractivity contribution >= 4 is 22.7 Å². The lowest BCUT2D eigenvalue weighted by atomic mass is 10.1. The molecule has 0 radical (unpaired) electrons. The van der Waals surface area contributed by atoms with E-state index in [4.69, 9.17) is 14.7 Å². The number of aromatic nitrogens is 7. The van der Waals surface area contributed by atoms with Crippen LogP contribution in [-0.2, 0) is 13.1 Å². The third kappa shape index (κ3) is 4.66. The van der Waals surface area contributed by atoms with Crippen molar-refractivity contribution in [3.63, 3.8) is 0 Å². The molecule has 0 unspecified atom stereocenters. The number of H-pyrrole nitrogens is 1. The van der Waals surface area contributed by atoms with E-state index < -0.39 is 0 Å². The Kier molecular flexibility index (Phi) is 6.04. The van der Waals surface area contributed by atoms with Crippen molar-refractivity contribution in [2.75, 3.05) is 12.4 Å². The number of rotatable bonds is 8. The summed E-state index contributed by atoms with van der Waals surface area (Å²) >= 11 is 0. The molecule has 10 heteroatoms. The van der Waals surface area contributed by atoms with Gasteiger partial charge in [-0.15, -0.1) is 0 Å². The smallest absolute Gasteiger partial charge is 0.213 e. The van der Waals surface area contributed by atoms with E-state index in [1.807, 2.05) is 37.4 Å². The SMILES string of the molecule is COc1ccc(Nc2ncc(CNCc3ccccn3)cc2-c2nc(C)nc3[nH]cnc23)cn1. The number of nitrogens with one attached hydrogen (secondary N) is 3. The Hall–Kier alpha value is -4.44. The molecule has 5 rings (SSSR count). The van der Waals surface area contributed by atoms with Crippen molar-refractivity contribution < 1.29 is 4.74 Å². The van der Waals surface area contributed by atoms with Crippen molar-refractivity contribution in [1.82, 2.24) is 40.2 Å². The van der Waals surface area contributed by atoms with Crippen LogP contribution in [0, 0.1) is 6.92 Å². The fourth-order valence-corrected chi connectivity index (χ4v) is 3.57. The van der Waals surface area contributed by atoms with Gasteiger partial charge in [0.1, 0.15) is 22.9 Å². The highest BCUT2D eigenvalue weighted by atomic mass is 16.5.